The van der Waals surface area contributed by atoms with Crippen molar-refractivity contribution >= 4 is 11.6 Å². The molecule has 0 bridgehead atoms. The summed E-state index contributed by atoms with van der Waals surface area (Å²) in [5.41, 5.74) is 2.63. The Morgan fingerprint density at radius 3 is 2.55 bits per heavy atom. The van der Waals surface area contributed by atoms with Crippen LogP contribution < -0.4 is 14.8 Å². The van der Waals surface area contributed by atoms with Crippen LogP contribution in [0.4, 0.5) is 5.69 Å². The Bertz CT molecular complexity index is 615. The highest BCUT2D eigenvalue weighted by atomic mass is 16.5. The molecule has 0 radical (unpaired) electrons. The maximum Gasteiger partial charge on any atom is 0.259 e. The molecule has 0 aliphatic carbocycles. The molecule has 1 aromatic carbocycles. The molecule has 0 aliphatic heterocycles. The number of para-hydroxylation sites is 1. The molecule has 1 amide bonds. The number of amides is 1. The zero-order valence-electron chi connectivity index (χ0n) is 11.9. The fourth-order valence-corrected chi connectivity index (χ4v) is 1.98. The molecular formula is C14H17N3O3. The molecule has 0 aliphatic rings. The third kappa shape index (κ3) is 2.45. The van der Waals surface area contributed by atoms with Crippen LogP contribution >= 0.6 is 0 Å². The Morgan fingerprint density at radius 1 is 1.25 bits per heavy atom. The molecule has 20 heavy (non-hydrogen) atoms. The number of hydrogen-bond acceptors (Lipinski definition) is 4. The van der Waals surface area contributed by atoms with Crippen LogP contribution in [0.3, 0.4) is 0 Å². The number of benzene rings is 1. The predicted octanol–water partition coefficient (Wildman–Crippen LogP) is 2.30. The van der Waals surface area contributed by atoms with E-state index in [0.717, 1.165) is 11.4 Å². The fourth-order valence-electron chi connectivity index (χ4n) is 1.98. The molecule has 6 nitrogen and oxygen atoms in total. The Kier molecular flexibility index (Phi) is 3.93. The van der Waals surface area contributed by atoms with Gasteiger partial charge in [-0.05, 0) is 26.0 Å². The van der Waals surface area contributed by atoms with E-state index in [4.69, 9.17) is 9.47 Å². The van der Waals surface area contributed by atoms with Crippen molar-refractivity contribution in [2.75, 3.05) is 19.5 Å². The van der Waals surface area contributed by atoms with E-state index >= 15 is 0 Å². The van der Waals surface area contributed by atoms with Gasteiger partial charge in [-0.25, -0.2) is 0 Å². The first-order chi connectivity index (χ1) is 9.58. The second-order valence-corrected chi connectivity index (χ2v) is 4.30. The van der Waals surface area contributed by atoms with E-state index in [1.54, 1.807) is 18.2 Å². The topological polar surface area (TPSA) is 76.2 Å². The lowest BCUT2D eigenvalue weighted by molar-refractivity contribution is 0.102. The number of methoxy groups -OCH3 is 2. The average molecular weight is 275 g/mol. The van der Waals surface area contributed by atoms with Crippen LogP contribution in [0.1, 0.15) is 21.7 Å². The van der Waals surface area contributed by atoms with E-state index in [-0.39, 0.29) is 5.91 Å². The zero-order chi connectivity index (χ0) is 14.7. The highest BCUT2D eigenvalue weighted by Crippen LogP contribution is 2.31. The number of aromatic amines is 1. The molecule has 2 N–H and O–H groups in total. The number of ether oxygens (including phenoxy) is 2. The number of nitrogens with zero attached hydrogens (tertiary/aromatic N) is 1. The molecule has 0 atom stereocenters. The number of aryl methyl sites for hydroxylation is 2. The smallest absolute Gasteiger partial charge is 0.259 e. The van der Waals surface area contributed by atoms with Crippen LogP contribution in [0, 0.1) is 13.8 Å². The van der Waals surface area contributed by atoms with Gasteiger partial charge in [-0.3, -0.25) is 9.89 Å². The molecule has 0 saturated heterocycles. The van der Waals surface area contributed by atoms with Gasteiger partial charge in [-0.15, -0.1) is 0 Å². The van der Waals surface area contributed by atoms with E-state index in [1.165, 1.54) is 14.2 Å². The summed E-state index contributed by atoms with van der Waals surface area (Å²) in [6.07, 6.45) is 0. The monoisotopic (exact) mass is 275 g/mol. The number of H-pyrrole nitrogens is 1. The minimum atomic E-state index is -0.270. The SMILES string of the molecule is COc1cccc(C(=O)Nc2c(C)n[nH]c2C)c1OC. The minimum absolute atomic E-state index is 0.270. The molecule has 0 saturated carbocycles. The summed E-state index contributed by atoms with van der Waals surface area (Å²) in [6.45, 7) is 3.67. The van der Waals surface area contributed by atoms with Crippen molar-refractivity contribution in [3.05, 3.63) is 35.2 Å². The van der Waals surface area contributed by atoms with Crippen molar-refractivity contribution < 1.29 is 14.3 Å². The van der Waals surface area contributed by atoms with Crippen LogP contribution in [-0.4, -0.2) is 30.3 Å². The van der Waals surface area contributed by atoms with Crippen LogP contribution in [0.25, 0.3) is 0 Å². The van der Waals surface area contributed by atoms with Gasteiger partial charge in [0.15, 0.2) is 11.5 Å². The first-order valence-electron chi connectivity index (χ1n) is 6.12. The lowest BCUT2D eigenvalue weighted by Gasteiger charge is -2.12. The molecule has 106 valence electrons. The first kappa shape index (κ1) is 13.9. The largest absolute Gasteiger partial charge is 0.493 e. The minimum Gasteiger partial charge on any atom is -0.493 e. The first-order valence-corrected chi connectivity index (χ1v) is 6.12. The van der Waals surface area contributed by atoms with Crippen molar-refractivity contribution in [1.29, 1.82) is 0 Å². The standard InChI is InChI=1S/C14H17N3O3/c1-8-12(9(2)17-16-8)15-14(18)10-6-5-7-11(19-3)13(10)20-4/h5-7H,1-4H3,(H,15,18)(H,16,17). The highest BCUT2D eigenvalue weighted by molar-refractivity contribution is 6.07. The average Bonchev–Trinajstić information content (AvgIpc) is 2.77. The van der Waals surface area contributed by atoms with Gasteiger partial charge < -0.3 is 14.8 Å². The zero-order valence-corrected chi connectivity index (χ0v) is 11.9. The molecule has 0 spiro atoms. The number of carbonyl (C=O) groups is 1. The molecule has 2 rings (SSSR count). The van der Waals surface area contributed by atoms with E-state index in [9.17, 15) is 4.79 Å². The highest BCUT2D eigenvalue weighted by Gasteiger charge is 2.18. The number of carbonyl (C=O) groups excluding carboxylic acids is 1. The van der Waals surface area contributed by atoms with E-state index in [2.05, 4.69) is 15.5 Å². The summed E-state index contributed by atoms with van der Waals surface area (Å²) in [7, 11) is 3.03. The maximum atomic E-state index is 12.4. The molecule has 1 heterocycles. The van der Waals surface area contributed by atoms with Crippen molar-refractivity contribution in [2.24, 2.45) is 0 Å². The molecular weight excluding hydrogens is 258 g/mol. The van der Waals surface area contributed by atoms with Gasteiger partial charge in [0.2, 0.25) is 0 Å². The van der Waals surface area contributed by atoms with Gasteiger partial charge in [0.05, 0.1) is 36.9 Å². The summed E-state index contributed by atoms with van der Waals surface area (Å²) >= 11 is 0. The van der Waals surface area contributed by atoms with Crippen molar-refractivity contribution in [1.82, 2.24) is 10.2 Å². The molecule has 2 aromatic rings. The Morgan fingerprint density at radius 2 is 2.00 bits per heavy atom. The number of rotatable bonds is 4. The van der Waals surface area contributed by atoms with Crippen LogP contribution in [0.15, 0.2) is 18.2 Å². The van der Waals surface area contributed by atoms with Gasteiger partial charge in [0, 0.05) is 0 Å². The Hall–Kier alpha value is -2.50. The van der Waals surface area contributed by atoms with Crippen molar-refractivity contribution in [3.63, 3.8) is 0 Å². The van der Waals surface area contributed by atoms with Gasteiger partial charge in [0.1, 0.15) is 0 Å². The number of hydrogen-bond donors (Lipinski definition) is 2. The third-order valence-corrected chi connectivity index (χ3v) is 3.01. The van der Waals surface area contributed by atoms with Gasteiger partial charge in [0.25, 0.3) is 5.91 Å². The van der Waals surface area contributed by atoms with Gasteiger partial charge >= 0.3 is 0 Å². The quantitative estimate of drug-likeness (QED) is 0.897. The second-order valence-electron chi connectivity index (χ2n) is 4.30. The number of anilines is 1. The fraction of sp³-hybridized carbons (Fsp3) is 0.286. The molecule has 6 heteroatoms. The predicted molar refractivity (Wildman–Crippen MR) is 75.6 cm³/mol. The molecule has 1 aromatic heterocycles. The van der Waals surface area contributed by atoms with Crippen LogP contribution in [-0.2, 0) is 0 Å². The number of aromatic nitrogens is 2. The summed E-state index contributed by atoms with van der Waals surface area (Å²) in [5.74, 6) is 0.653. The van der Waals surface area contributed by atoms with Crippen LogP contribution in [0.5, 0.6) is 11.5 Å². The van der Waals surface area contributed by atoms with Crippen molar-refractivity contribution in [2.45, 2.75) is 13.8 Å². The Balaban J connectivity index is 2.35. The van der Waals surface area contributed by atoms with E-state index < -0.39 is 0 Å². The summed E-state index contributed by atoms with van der Waals surface area (Å²) in [6, 6.07) is 5.16. The third-order valence-electron chi connectivity index (χ3n) is 3.01. The number of nitrogens with one attached hydrogen (secondary N) is 2. The van der Waals surface area contributed by atoms with Crippen LogP contribution in [0.2, 0.25) is 0 Å². The normalized spacial score (nSPS) is 10.2. The Labute approximate surface area is 117 Å². The lowest BCUT2D eigenvalue weighted by atomic mass is 10.1. The van der Waals surface area contributed by atoms with Gasteiger partial charge in [-0.1, -0.05) is 6.07 Å². The second kappa shape index (κ2) is 5.64. The summed E-state index contributed by atoms with van der Waals surface area (Å²) in [5, 5.41) is 9.70. The molecule has 0 fully saturated rings. The molecule has 0 unspecified atom stereocenters. The lowest BCUT2D eigenvalue weighted by Crippen LogP contribution is -2.14. The van der Waals surface area contributed by atoms with E-state index in [1.807, 2.05) is 13.8 Å². The van der Waals surface area contributed by atoms with Crippen molar-refractivity contribution in [3.8, 4) is 11.5 Å². The van der Waals surface area contributed by atoms with E-state index in [0.29, 0.717) is 22.7 Å². The summed E-state index contributed by atoms with van der Waals surface area (Å²) in [4.78, 5) is 12.4. The van der Waals surface area contributed by atoms with Gasteiger partial charge in [-0.2, -0.15) is 5.10 Å². The maximum absolute atomic E-state index is 12.4. The summed E-state index contributed by atoms with van der Waals surface area (Å²) < 4.78 is 10.4.